The van der Waals surface area contributed by atoms with E-state index in [9.17, 15) is 4.79 Å². The van der Waals surface area contributed by atoms with Crippen molar-refractivity contribution in [3.63, 3.8) is 0 Å². The number of aromatic nitrogens is 2. The summed E-state index contributed by atoms with van der Waals surface area (Å²) in [5, 5.41) is 3.35. The van der Waals surface area contributed by atoms with E-state index in [1.165, 1.54) is 0 Å². The van der Waals surface area contributed by atoms with Gasteiger partial charge in [-0.25, -0.2) is 0 Å². The predicted molar refractivity (Wildman–Crippen MR) is 86.1 cm³/mol. The van der Waals surface area contributed by atoms with Crippen molar-refractivity contribution in [3.8, 4) is 0 Å². The summed E-state index contributed by atoms with van der Waals surface area (Å²) < 4.78 is 0. The summed E-state index contributed by atoms with van der Waals surface area (Å²) in [5.41, 5.74) is 2.13. The molecule has 5 heteroatoms. The van der Waals surface area contributed by atoms with Crippen molar-refractivity contribution in [1.29, 1.82) is 0 Å². The minimum atomic E-state index is 0.199. The third kappa shape index (κ3) is 2.97. The molecule has 2 fully saturated rings. The molecule has 0 bridgehead atoms. The van der Waals surface area contributed by atoms with Crippen LogP contribution >= 0.6 is 0 Å². The maximum atomic E-state index is 13.0. The van der Waals surface area contributed by atoms with Crippen molar-refractivity contribution >= 4 is 5.91 Å². The van der Waals surface area contributed by atoms with E-state index in [1.54, 1.807) is 12.4 Å². The number of amides is 1. The lowest BCUT2D eigenvalue weighted by atomic mass is 10.1. The number of hydrogen-bond acceptors (Lipinski definition) is 4. The van der Waals surface area contributed by atoms with E-state index in [-0.39, 0.29) is 11.8 Å². The number of nitrogens with one attached hydrogen (secondary N) is 1. The van der Waals surface area contributed by atoms with E-state index in [2.05, 4.69) is 15.3 Å². The highest BCUT2D eigenvalue weighted by Crippen LogP contribution is 2.49. The molecule has 2 aromatic heterocycles. The highest BCUT2D eigenvalue weighted by atomic mass is 16.2. The van der Waals surface area contributed by atoms with Gasteiger partial charge >= 0.3 is 0 Å². The van der Waals surface area contributed by atoms with Crippen LogP contribution in [0.4, 0.5) is 0 Å². The molecule has 1 N–H and O–H groups in total. The first kappa shape index (κ1) is 14.3. The van der Waals surface area contributed by atoms with Crippen LogP contribution in [0.5, 0.6) is 0 Å². The minimum Gasteiger partial charge on any atom is -0.334 e. The second kappa shape index (κ2) is 6.08. The fraction of sp³-hybridized carbons (Fsp3) is 0.389. The largest absolute Gasteiger partial charge is 0.334 e. The number of hydrogen-bond donors (Lipinski definition) is 1. The Labute approximate surface area is 135 Å². The number of nitrogens with zero attached hydrogens (tertiary/aromatic N) is 3. The second-order valence-electron chi connectivity index (χ2n) is 6.43. The molecule has 1 aliphatic carbocycles. The van der Waals surface area contributed by atoms with Crippen LogP contribution in [0, 0.1) is 17.8 Å². The zero-order valence-electron chi connectivity index (χ0n) is 12.9. The molecule has 1 saturated heterocycles. The summed E-state index contributed by atoms with van der Waals surface area (Å²) in [7, 11) is 0. The highest BCUT2D eigenvalue weighted by molar-refractivity contribution is 5.82. The maximum Gasteiger partial charge on any atom is 0.226 e. The molecule has 118 valence electrons. The van der Waals surface area contributed by atoms with E-state index < -0.39 is 0 Å². The molecule has 4 rings (SSSR count). The molecule has 2 aromatic rings. The summed E-state index contributed by atoms with van der Waals surface area (Å²) in [5.74, 6) is 1.54. The molecule has 2 atom stereocenters. The molecule has 23 heavy (non-hydrogen) atoms. The molecule has 0 aromatic carbocycles. The van der Waals surface area contributed by atoms with Crippen LogP contribution in [0.2, 0.25) is 0 Å². The van der Waals surface area contributed by atoms with Crippen molar-refractivity contribution in [2.24, 2.45) is 17.8 Å². The summed E-state index contributed by atoms with van der Waals surface area (Å²) in [4.78, 5) is 23.3. The van der Waals surface area contributed by atoms with Crippen molar-refractivity contribution in [2.45, 2.75) is 13.1 Å². The van der Waals surface area contributed by atoms with Crippen molar-refractivity contribution in [1.82, 2.24) is 20.2 Å². The van der Waals surface area contributed by atoms with Crippen LogP contribution in [0.15, 0.2) is 49.1 Å². The van der Waals surface area contributed by atoms with Crippen LogP contribution in [-0.4, -0.2) is 33.9 Å². The van der Waals surface area contributed by atoms with Gasteiger partial charge in [0, 0.05) is 43.8 Å². The fourth-order valence-electron chi connectivity index (χ4n) is 3.63. The van der Waals surface area contributed by atoms with Gasteiger partial charge in [0.25, 0.3) is 0 Å². The molecular weight excluding hydrogens is 288 g/mol. The topological polar surface area (TPSA) is 58.1 Å². The Hall–Kier alpha value is -2.27. The van der Waals surface area contributed by atoms with Gasteiger partial charge in [0.1, 0.15) is 0 Å². The van der Waals surface area contributed by atoms with Gasteiger partial charge in [0.2, 0.25) is 5.91 Å². The third-order valence-electron chi connectivity index (χ3n) is 4.88. The van der Waals surface area contributed by atoms with Crippen molar-refractivity contribution in [3.05, 3.63) is 60.2 Å². The molecule has 1 amide bonds. The number of pyridine rings is 2. The molecule has 1 aliphatic heterocycles. The average Bonchev–Trinajstić information content (AvgIpc) is 3.07. The third-order valence-corrected chi connectivity index (χ3v) is 4.88. The van der Waals surface area contributed by atoms with Crippen molar-refractivity contribution in [2.75, 3.05) is 13.1 Å². The number of carbonyl (C=O) groups excluding carboxylic acids is 1. The Morgan fingerprint density at radius 2 is 1.61 bits per heavy atom. The Morgan fingerprint density at radius 1 is 1.04 bits per heavy atom. The molecule has 3 heterocycles. The molecular formula is C18H20N4O. The van der Waals surface area contributed by atoms with Gasteiger partial charge < -0.3 is 10.2 Å². The zero-order chi connectivity index (χ0) is 15.6. The quantitative estimate of drug-likeness (QED) is 0.909. The van der Waals surface area contributed by atoms with Crippen LogP contribution < -0.4 is 5.32 Å². The molecule has 2 aliphatic rings. The molecule has 2 unspecified atom stereocenters. The lowest BCUT2D eigenvalue weighted by molar-refractivity contribution is -0.134. The first-order chi connectivity index (χ1) is 11.3. The molecule has 5 nitrogen and oxygen atoms in total. The Balaban J connectivity index is 1.52. The number of carbonyl (C=O) groups is 1. The van der Waals surface area contributed by atoms with E-state index in [4.69, 9.17) is 0 Å². The highest BCUT2D eigenvalue weighted by Gasteiger charge is 2.57. The Bertz CT molecular complexity index is 624. The maximum absolute atomic E-state index is 13.0. The van der Waals surface area contributed by atoms with Crippen LogP contribution in [0.3, 0.4) is 0 Å². The molecule has 1 saturated carbocycles. The van der Waals surface area contributed by atoms with Gasteiger partial charge in [-0.05, 0) is 48.2 Å². The van der Waals surface area contributed by atoms with Crippen LogP contribution in [0.1, 0.15) is 11.1 Å². The van der Waals surface area contributed by atoms with Crippen LogP contribution in [-0.2, 0) is 17.9 Å². The van der Waals surface area contributed by atoms with E-state index in [0.717, 1.165) is 24.2 Å². The Kier molecular flexibility index (Phi) is 3.79. The van der Waals surface area contributed by atoms with Crippen LogP contribution in [0.25, 0.3) is 0 Å². The van der Waals surface area contributed by atoms with E-state index >= 15 is 0 Å². The standard InChI is InChI=1S/C18H20N4O/c23-18(17-15-9-21-10-16(15)17)22(11-13-3-1-5-19-7-13)12-14-4-2-6-20-8-14/h1-8,15-17,21H,9-12H2. The normalized spacial score (nSPS) is 25.0. The predicted octanol–water partition coefficient (Wildman–Crippen LogP) is 1.47. The summed E-state index contributed by atoms with van der Waals surface area (Å²) >= 11 is 0. The summed E-state index contributed by atoms with van der Waals surface area (Å²) in [6, 6.07) is 7.87. The van der Waals surface area contributed by atoms with Gasteiger partial charge in [-0.3, -0.25) is 14.8 Å². The fourth-order valence-corrected chi connectivity index (χ4v) is 3.63. The monoisotopic (exact) mass is 308 g/mol. The smallest absolute Gasteiger partial charge is 0.226 e. The SMILES string of the molecule is O=C(C1C2CNCC21)N(Cc1cccnc1)Cc1cccnc1. The minimum absolute atomic E-state index is 0.199. The van der Waals surface area contributed by atoms with E-state index in [0.29, 0.717) is 24.9 Å². The number of rotatable bonds is 5. The van der Waals surface area contributed by atoms with Gasteiger partial charge in [0.05, 0.1) is 0 Å². The second-order valence-corrected chi connectivity index (χ2v) is 6.43. The Morgan fingerprint density at radius 3 is 2.09 bits per heavy atom. The average molecular weight is 308 g/mol. The first-order valence-electron chi connectivity index (χ1n) is 8.10. The lowest BCUT2D eigenvalue weighted by Crippen LogP contribution is -2.34. The number of piperidine rings is 1. The summed E-state index contributed by atoms with van der Waals surface area (Å²) in [6.45, 7) is 3.17. The van der Waals surface area contributed by atoms with E-state index in [1.807, 2.05) is 41.6 Å². The van der Waals surface area contributed by atoms with Gasteiger partial charge in [-0.1, -0.05) is 12.1 Å². The molecule has 0 radical (unpaired) electrons. The van der Waals surface area contributed by atoms with Crippen molar-refractivity contribution < 1.29 is 4.79 Å². The van der Waals surface area contributed by atoms with Gasteiger partial charge in [-0.2, -0.15) is 0 Å². The van der Waals surface area contributed by atoms with Gasteiger partial charge in [0.15, 0.2) is 0 Å². The first-order valence-corrected chi connectivity index (χ1v) is 8.10. The molecule has 0 spiro atoms. The zero-order valence-corrected chi connectivity index (χ0v) is 12.9. The van der Waals surface area contributed by atoms with Gasteiger partial charge in [-0.15, -0.1) is 0 Å². The summed E-state index contributed by atoms with van der Waals surface area (Å²) in [6.07, 6.45) is 7.18. The number of fused-ring (bicyclic) bond motifs is 1. The lowest BCUT2D eigenvalue weighted by Gasteiger charge is -2.24.